The predicted molar refractivity (Wildman–Crippen MR) is 75.7 cm³/mol. The lowest BCUT2D eigenvalue weighted by Gasteiger charge is -2.09. The highest BCUT2D eigenvalue weighted by atomic mass is 35.5. The number of imidazole rings is 1. The molecular weight excluding hydrogens is 246 g/mol. The monoisotopic (exact) mass is 263 g/mol. The van der Waals surface area contributed by atoms with E-state index in [4.69, 9.17) is 11.6 Å². The molecule has 0 fully saturated rings. The van der Waals surface area contributed by atoms with Gasteiger partial charge >= 0.3 is 0 Å². The van der Waals surface area contributed by atoms with Crippen molar-refractivity contribution in [2.75, 3.05) is 6.54 Å². The maximum absolute atomic E-state index is 6.08. The SMILES string of the molecule is CCCNCc1ccc(Cl)cc1-c1cn(C)cn1. The molecule has 0 aliphatic rings. The van der Waals surface area contributed by atoms with E-state index in [0.29, 0.717) is 0 Å². The Labute approximate surface area is 113 Å². The van der Waals surface area contributed by atoms with E-state index >= 15 is 0 Å². The molecule has 0 atom stereocenters. The van der Waals surface area contributed by atoms with Crippen LogP contribution in [0.2, 0.25) is 5.02 Å². The van der Waals surface area contributed by atoms with Crippen LogP contribution in [-0.2, 0) is 13.6 Å². The third-order valence-corrected chi connectivity index (χ3v) is 3.03. The number of hydrogen-bond donors (Lipinski definition) is 1. The van der Waals surface area contributed by atoms with E-state index in [1.165, 1.54) is 5.56 Å². The van der Waals surface area contributed by atoms with Crippen LogP contribution in [-0.4, -0.2) is 16.1 Å². The van der Waals surface area contributed by atoms with Gasteiger partial charge in [-0.3, -0.25) is 0 Å². The standard InChI is InChI=1S/C14H18ClN3/c1-3-6-16-8-11-4-5-12(15)7-13(11)14-9-18(2)10-17-14/h4-5,7,9-10,16H,3,6,8H2,1-2H3. The molecule has 0 unspecified atom stereocenters. The molecule has 0 aliphatic carbocycles. The molecule has 18 heavy (non-hydrogen) atoms. The molecule has 1 N–H and O–H groups in total. The van der Waals surface area contributed by atoms with Crippen LogP contribution in [0, 0.1) is 0 Å². The van der Waals surface area contributed by atoms with E-state index in [1.807, 2.05) is 29.9 Å². The summed E-state index contributed by atoms with van der Waals surface area (Å²) in [6.07, 6.45) is 4.95. The van der Waals surface area contributed by atoms with Crippen LogP contribution in [0.3, 0.4) is 0 Å². The Kier molecular flexibility index (Phi) is 4.39. The third-order valence-electron chi connectivity index (χ3n) is 2.79. The summed E-state index contributed by atoms with van der Waals surface area (Å²) >= 11 is 6.08. The highest BCUT2D eigenvalue weighted by molar-refractivity contribution is 6.30. The molecule has 0 saturated carbocycles. The lowest BCUT2D eigenvalue weighted by atomic mass is 10.1. The van der Waals surface area contributed by atoms with Gasteiger partial charge in [0.25, 0.3) is 0 Å². The first-order valence-corrected chi connectivity index (χ1v) is 6.56. The smallest absolute Gasteiger partial charge is 0.0951 e. The Balaban J connectivity index is 2.29. The second-order valence-electron chi connectivity index (χ2n) is 4.40. The molecule has 4 heteroatoms. The molecule has 2 rings (SSSR count). The van der Waals surface area contributed by atoms with Crippen LogP contribution in [0.5, 0.6) is 0 Å². The van der Waals surface area contributed by atoms with Gasteiger partial charge in [0, 0.05) is 30.4 Å². The van der Waals surface area contributed by atoms with Crippen molar-refractivity contribution in [2.45, 2.75) is 19.9 Å². The van der Waals surface area contributed by atoms with Crippen molar-refractivity contribution in [3.8, 4) is 11.3 Å². The molecule has 0 spiro atoms. The fourth-order valence-electron chi connectivity index (χ4n) is 1.89. The fourth-order valence-corrected chi connectivity index (χ4v) is 2.07. The zero-order chi connectivity index (χ0) is 13.0. The lowest BCUT2D eigenvalue weighted by Crippen LogP contribution is -2.14. The van der Waals surface area contributed by atoms with E-state index in [0.717, 1.165) is 35.8 Å². The number of nitrogens with one attached hydrogen (secondary N) is 1. The molecule has 0 aliphatic heterocycles. The van der Waals surface area contributed by atoms with Crippen molar-refractivity contribution >= 4 is 11.6 Å². The highest BCUT2D eigenvalue weighted by Gasteiger charge is 2.08. The quantitative estimate of drug-likeness (QED) is 0.840. The molecule has 1 aromatic carbocycles. The highest BCUT2D eigenvalue weighted by Crippen LogP contribution is 2.25. The van der Waals surface area contributed by atoms with Crippen LogP contribution < -0.4 is 5.32 Å². The molecule has 96 valence electrons. The van der Waals surface area contributed by atoms with Crippen LogP contribution in [0.4, 0.5) is 0 Å². The Hall–Kier alpha value is -1.32. The van der Waals surface area contributed by atoms with Gasteiger partial charge in [0.1, 0.15) is 0 Å². The van der Waals surface area contributed by atoms with Gasteiger partial charge in [-0.25, -0.2) is 4.98 Å². The fraction of sp³-hybridized carbons (Fsp3) is 0.357. The van der Waals surface area contributed by atoms with Crippen LogP contribution in [0.1, 0.15) is 18.9 Å². The summed E-state index contributed by atoms with van der Waals surface area (Å²) in [7, 11) is 1.97. The first kappa shape index (κ1) is 13.1. The first-order valence-electron chi connectivity index (χ1n) is 6.18. The average Bonchev–Trinajstić information content (AvgIpc) is 2.78. The second kappa shape index (κ2) is 6.03. The van der Waals surface area contributed by atoms with Gasteiger partial charge in [-0.05, 0) is 30.7 Å². The third kappa shape index (κ3) is 3.12. The van der Waals surface area contributed by atoms with Gasteiger partial charge < -0.3 is 9.88 Å². The number of benzene rings is 1. The van der Waals surface area contributed by atoms with Crippen molar-refractivity contribution in [1.29, 1.82) is 0 Å². The zero-order valence-corrected chi connectivity index (χ0v) is 11.5. The molecule has 1 heterocycles. The van der Waals surface area contributed by atoms with Gasteiger partial charge in [0.05, 0.1) is 12.0 Å². The number of aryl methyl sites for hydroxylation is 1. The van der Waals surface area contributed by atoms with Crippen molar-refractivity contribution < 1.29 is 0 Å². The normalized spacial score (nSPS) is 10.8. The predicted octanol–water partition coefficient (Wildman–Crippen LogP) is 3.24. The topological polar surface area (TPSA) is 29.9 Å². The summed E-state index contributed by atoms with van der Waals surface area (Å²) in [6, 6.07) is 5.97. The summed E-state index contributed by atoms with van der Waals surface area (Å²) in [4.78, 5) is 4.39. The van der Waals surface area contributed by atoms with Crippen LogP contribution >= 0.6 is 11.6 Å². The summed E-state index contributed by atoms with van der Waals surface area (Å²) in [5.41, 5.74) is 3.30. The molecule has 0 radical (unpaired) electrons. The van der Waals surface area contributed by atoms with Gasteiger partial charge in [0.15, 0.2) is 0 Å². The number of halogens is 1. The first-order chi connectivity index (χ1) is 8.70. The minimum absolute atomic E-state index is 0.745. The lowest BCUT2D eigenvalue weighted by molar-refractivity contribution is 0.676. The van der Waals surface area contributed by atoms with E-state index in [9.17, 15) is 0 Å². The Bertz CT molecular complexity index is 520. The molecule has 3 nitrogen and oxygen atoms in total. The molecule has 0 amide bonds. The minimum Gasteiger partial charge on any atom is -0.340 e. The van der Waals surface area contributed by atoms with E-state index in [-0.39, 0.29) is 0 Å². The van der Waals surface area contributed by atoms with Crippen molar-refractivity contribution in [3.63, 3.8) is 0 Å². The van der Waals surface area contributed by atoms with Gasteiger partial charge in [-0.2, -0.15) is 0 Å². The molecule has 1 aromatic heterocycles. The maximum Gasteiger partial charge on any atom is 0.0951 e. The molecule has 2 aromatic rings. The molecule has 0 saturated heterocycles. The van der Waals surface area contributed by atoms with Crippen molar-refractivity contribution in [1.82, 2.24) is 14.9 Å². The summed E-state index contributed by atoms with van der Waals surface area (Å²) in [5, 5.41) is 4.16. The van der Waals surface area contributed by atoms with Crippen LogP contribution in [0.15, 0.2) is 30.7 Å². The number of aromatic nitrogens is 2. The Morgan fingerprint density at radius 2 is 2.22 bits per heavy atom. The molecular formula is C14H18ClN3. The van der Waals surface area contributed by atoms with E-state index < -0.39 is 0 Å². The number of rotatable bonds is 5. The average molecular weight is 264 g/mol. The Morgan fingerprint density at radius 3 is 2.89 bits per heavy atom. The number of nitrogens with zero attached hydrogens (tertiary/aromatic N) is 2. The van der Waals surface area contributed by atoms with Crippen molar-refractivity contribution in [2.24, 2.45) is 7.05 Å². The minimum atomic E-state index is 0.745. The second-order valence-corrected chi connectivity index (χ2v) is 4.84. The van der Waals surface area contributed by atoms with Crippen LogP contribution in [0.25, 0.3) is 11.3 Å². The summed E-state index contributed by atoms with van der Waals surface area (Å²) < 4.78 is 1.94. The van der Waals surface area contributed by atoms with Gasteiger partial charge in [0.2, 0.25) is 0 Å². The van der Waals surface area contributed by atoms with Gasteiger partial charge in [-0.15, -0.1) is 0 Å². The summed E-state index contributed by atoms with van der Waals surface area (Å²) in [5.74, 6) is 0. The maximum atomic E-state index is 6.08. The van der Waals surface area contributed by atoms with E-state index in [1.54, 1.807) is 6.33 Å². The van der Waals surface area contributed by atoms with Crippen molar-refractivity contribution in [3.05, 3.63) is 41.3 Å². The largest absolute Gasteiger partial charge is 0.340 e. The molecule has 0 bridgehead atoms. The van der Waals surface area contributed by atoms with E-state index in [2.05, 4.69) is 23.3 Å². The number of hydrogen-bond acceptors (Lipinski definition) is 2. The Morgan fingerprint density at radius 1 is 1.39 bits per heavy atom. The van der Waals surface area contributed by atoms with Gasteiger partial charge in [-0.1, -0.05) is 24.6 Å². The zero-order valence-electron chi connectivity index (χ0n) is 10.8. The summed E-state index contributed by atoms with van der Waals surface area (Å²) in [6.45, 7) is 4.02.